The maximum atomic E-state index is 15.5. The van der Waals surface area contributed by atoms with Crippen LogP contribution in [0.4, 0.5) is 27.6 Å². The van der Waals surface area contributed by atoms with E-state index in [2.05, 4.69) is 20.3 Å². The quantitative estimate of drug-likeness (QED) is 0.257. The molecule has 2 atom stereocenters. The summed E-state index contributed by atoms with van der Waals surface area (Å²) >= 11 is 0.614. The molecule has 2 aliphatic rings. The van der Waals surface area contributed by atoms with E-state index in [0.29, 0.717) is 33.9 Å². The fourth-order valence-corrected chi connectivity index (χ4v) is 7.22. The number of aryl methyl sites for hydroxylation is 2. The van der Waals surface area contributed by atoms with Crippen LogP contribution in [0.2, 0.25) is 0 Å². The number of piperidine rings is 1. The van der Waals surface area contributed by atoms with E-state index in [1.807, 2.05) is 11.0 Å². The summed E-state index contributed by atoms with van der Waals surface area (Å²) < 4.78 is 70.1. The minimum atomic E-state index is -4.76. The third kappa shape index (κ3) is 6.21. The van der Waals surface area contributed by atoms with Gasteiger partial charge in [0.1, 0.15) is 40.3 Å². The molecule has 0 bridgehead atoms. The zero-order chi connectivity index (χ0) is 35.4. The van der Waals surface area contributed by atoms with Crippen LogP contribution in [0.15, 0.2) is 41.4 Å². The summed E-state index contributed by atoms with van der Waals surface area (Å²) in [5, 5.41) is 12.0. The highest BCUT2D eigenvalue weighted by Gasteiger charge is 2.49. The molecule has 1 fully saturated rings. The smallest absolute Gasteiger partial charge is 0.369 e. The average Bonchev–Trinajstić information content (AvgIpc) is 3.58. The van der Waals surface area contributed by atoms with Gasteiger partial charge in [0.25, 0.3) is 5.91 Å². The number of primary amides is 1. The number of anilines is 1. The lowest BCUT2D eigenvalue weighted by molar-refractivity contribution is -0.141. The van der Waals surface area contributed by atoms with Gasteiger partial charge in [0.15, 0.2) is 5.13 Å². The first-order valence-electron chi connectivity index (χ1n) is 15.0. The summed E-state index contributed by atoms with van der Waals surface area (Å²) in [7, 11) is 0. The van der Waals surface area contributed by atoms with E-state index >= 15 is 4.39 Å². The molecule has 2 aliphatic heterocycles. The van der Waals surface area contributed by atoms with Gasteiger partial charge in [-0.2, -0.15) is 22.8 Å². The molecule has 4 aromatic rings. The predicted molar refractivity (Wildman–Crippen MR) is 170 cm³/mol. The Morgan fingerprint density at radius 2 is 1.86 bits per heavy atom. The van der Waals surface area contributed by atoms with E-state index in [4.69, 9.17) is 10.7 Å². The molecule has 1 saturated heterocycles. The first kappa shape index (κ1) is 33.6. The second-order valence-corrected chi connectivity index (χ2v) is 13.0. The molecule has 5 heterocycles. The molecule has 3 N–H and O–H groups in total. The zero-order valence-corrected chi connectivity index (χ0v) is 27.1. The lowest BCUT2D eigenvalue weighted by Gasteiger charge is -2.42. The summed E-state index contributed by atoms with van der Waals surface area (Å²) in [6, 6.07) is 8.71. The fraction of sp³-hybridized carbons (Fsp3) is 0.303. The Morgan fingerprint density at radius 3 is 2.45 bits per heavy atom. The molecule has 0 radical (unpaired) electrons. The van der Waals surface area contributed by atoms with Gasteiger partial charge in [0.05, 0.1) is 22.7 Å². The molecular formula is C33H27F5N8O2S. The standard InChI is InChI=1S/C33H27F5N8O2S/c1-15-13-32(31(48)44-30(45-32)19-4-6-24(33(36,37)38)43-29(19)23-5-7-25(35)49-23)8-9-46(15)22-11-18(10-21(34)20(22)14-39)28-16(2)41-27(12-26(40)47)42-17(28)3/h4-7,10-11,15H,8-9,12-13H2,1-3H3,(H2,40,47)(H,44,45,48)/t15-,32+/m0/s1. The number of nitrogens with zero attached hydrogens (tertiary/aromatic N) is 6. The van der Waals surface area contributed by atoms with Crippen LogP contribution >= 0.6 is 11.3 Å². The number of nitrogens with one attached hydrogen (secondary N) is 1. The third-order valence-electron chi connectivity index (χ3n) is 8.59. The summed E-state index contributed by atoms with van der Waals surface area (Å²) in [4.78, 5) is 44.1. The zero-order valence-electron chi connectivity index (χ0n) is 26.2. The normalized spacial score (nSPS) is 19.2. The minimum absolute atomic E-state index is 0.00664. The fourth-order valence-electron chi connectivity index (χ4n) is 6.49. The van der Waals surface area contributed by atoms with Crippen molar-refractivity contribution in [1.29, 1.82) is 5.26 Å². The first-order valence-corrected chi connectivity index (χ1v) is 15.8. The number of hydrogen-bond acceptors (Lipinski definition) is 9. The lowest BCUT2D eigenvalue weighted by Crippen LogP contribution is -2.53. The van der Waals surface area contributed by atoms with Crippen LogP contribution in [-0.4, -0.2) is 50.7 Å². The molecule has 10 nitrogen and oxygen atoms in total. The Kier molecular flexibility index (Phi) is 8.43. The van der Waals surface area contributed by atoms with Gasteiger partial charge in [0, 0.05) is 41.5 Å². The van der Waals surface area contributed by atoms with Crippen molar-refractivity contribution < 1.29 is 31.5 Å². The van der Waals surface area contributed by atoms with Crippen LogP contribution < -0.4 is 16.0 Å². The molecule has 1 spiro atoms. The number of carbonyl (C=O) groups excluding carboxylic acids is 2. The van der Waals surface area contributed by atoms with Gasteiger partial charge in [-0.15, -0.1) is 11.3 Å². The Hall–Kier alpha value is -5.30. The van der Waals surface area contributed by atoms with Gasteiger partial charge >= 0.3 is 6.18 Å². The van der Waals surface area contributed by atoms with Crippen molar-refractivity contribution in [2.45, 2.75) is 57.8 Å². The highest BCUT2D eigenvalue weighted by Crippen LogP contribution is 2.41. The summed E-state index contributed by atoms with van der Waals surface area (Å²) in [6.45, 7) is 5.35. The number of amidine groups is 1. The van der Waals surface area contributed by atoms with Gasteiger partial charge < -0.3 is 16.0 Å². The Balaban J connectivity index is 1.35. The number of carbonyl (C=O) groups is 2. The SMILES string of the molecule is Cc1nc(CC(N)=O)nc(C)c1-c1cc(F)c(C#N)c(N2CC[C@]3(C[C@@H]2C)N=C(c2ccc(C(F)(F)F)nc2-c2ccc(F)s2)NC3=O)c1. The Labute approximate surface area is 280 Å². The van der Waals surface area contributed by atoms with E-state index in [0.717, 1.165) is 18.2 Å². The van der Waals surface area contributed by atoms with E-state index in [1.54, 1.807) is 26.8 Å². The van der Waals surface area contributed by atoms with Gasteiger partial charge in [0.2, 0.25) is 5.91 Å². The summed E-state index contributed by atoms with van der Waals surface area (Å²) in [5.41, 5.74) is 4.72. The molecule has 0 saturated carbocycles. The number of thiophene rings is 1. The topological polar surface area (TPSA) is 150 Å². The van der Waals surface area contributed by atoms with Gasteiger partial charge in [-0.05, 0) is 69.2 Å². The van der Waals surface area contributed by atoms with Crippen molar-refractivity contribution >= 4 is 34.7 Å². The largest absolute Gasteiger partial charge is 0.433 e. The number of aromatic nitrogens is 3. The number of hydrogen-bond donors (Lipinski definition) is 2. The molecule has 3 aromatic heterocycles. The monoisotopic (exact) mass is 694 g/mol. The van der Waals surface area contributed by atoms with Gasteiger partial charge in [-0.25, -0.2) is 19.3 Å². The highest BCUT2D eigenvalue weighted by molar-refractivity contribution is 7.13. The van der Waals surface area contributed by atoms with Crippen LogP contribution in [0.5, 0.6) is 0 Å². The van der Waals surface area contributed by atoms with Gasteiger partial charge in [-0.3, -0.25) is 14.6 Å². The number of amides is 2. The lowest BCUT2D eigenvalue weighted by atomic mass is 9.83. The van der Waals surface area contributed by atoms with Crippen molar-refractivity contribution in [1.82, 2.24) is 20.3 Å². The Bertz CT molecular complexity index is 2080. The van der Waals surface area contributed by atoms with E-state index in [9.17, 15) is 32.4 Å². The van der Waals surface area contributed by atoms with E-state index < -0.39 is 46.2 Å². The second-order valence-electron chi connectivity index (χ2n) is 11.9. The number of aliphatic imine (C=N–C) groups is 1. The minimum Gasteiger partial charge on any atom is -0.369 e. The summed E-state index contributed by atoms with van der Waals surface area (Å²) in [6.07, 6.45) is -4.67. The molecule has 6 rings (SSSR count). The number of nitriles is 1. The molecular weight excluding hydrogens is 667 g/mol. The highest BCUT2D eigenvalue weighted by atomic mass is 32.1. The molecule has 2 amide bonds. The van der Waals surface area contributed by atoms with Crippen molar-refractivity contribution in [2.75, 3.05) is 11.4 Å². The number of benzene rings is 1. The number of nitrogens with two attached hydrogens (primary N) is 1. The van der Waals surface area contributed by atoms with E-state index in [1.165, 1.54) is 12.1 Å². The maximum Gasteiger partial charge on any atom is 0.433 e. The number of rotatable bonds is 6. The molecule has 16 heteroatoms. The molecule has 252 valence electrons. The third-order valence-corrected chi connectivity index (χ3v) is 9.47. The predicted octanol–water partition coefficient (Wildman–Crippen LogP) is 5.38. The summed E-state index contributed by atoms with van der Waals surface area (Å²) in [5.74, 6) is -1.61. The van der Waals surface area contributed by atoms with Crippen LogP contribution in [0, 0.1) is 36.1 Å². The molecule has 0 unspecified atom stereocenters. The van der Waals surface area contributed by atoms with Crippen LogP contribution in [-0.2, 0) is 22.2 Å². The molecule has 49 heavy (non-hydrogen) atoms. The number of alkyl halides is 3. The van der Waals surface area contributed by atoms with Crippen molar-refractivity contribution in [3.8, 4) is 27.8 Å². The Morgan fingerprint density at radius 1 is 1.14 bits per heavy atom. The van der Waals surface area contributed by atoms with Crippen molar-refractivity contribution in [3.05, 3.63) is 81.4 Å². The first-order chi connectivity index (χ1) is 23.1. The average molecular weight is 695 g/mol. The van der Waals surface area contributed by atoms with Gasteiger partial charge in [-0.1, -0.05) is 0 Å². The number of pyridine rings is 1. The maximum absolute atomic E-state index is 15.5. The van der Waals surface area contributed by atoms with Crippen molar-refractivity contribution in [2.24, 2.45) is 10.7 Å². The molecule has 1 aromatic carbocycles. The van der Waals surface area contributed by atoms with Crippen LogP contribution in [0.3, 0.4) is 0 Å². The molecule has 0 aliphatic carbocycles. The van der Waals surface area contributed by atoms with Crippen LogP contribution in [0.25, 0.3) is 21.7 Å². The number of halogens is 5. The van der Waals surface area contributed by atoms with Crippen LogP contribution in [0.1, 0.15) is 53.8 Å². The van der Waals surface area contributed by atoms with Crippen molar-refractivity contribution in [3.63, 3.8) is 0 Å². The van der Waals surface area contributed by atoms with E-state index in [-0.39, 0.29) is 64.9 Å². The second kappa shape index (κ2) is 12.3.